The Balaban J connectivity index is 2.15. The normalized spacial score (nSPS) is 26.0. The number of rotatable bonds is 3. The van der Waals surface area contributed by atoms with Crippen molar-refractivity contribution in [1.82, 2.24) is 0 Å². The SMILES string of the molecule is O=C(O)C1(C(=O)C2CC2)CCC1. The molecule has 0 aromatic carbocycles. The number of hydrogen-bond acceptors (Lipinski definition) is 2. The number of ketones is 1. The van der Waals surface area contributed by atoms with Gasteiger partial charge < -0.3 is 5.11 Å². The Morgan fingerprint density at radius 1 is 1.25 bits per heavy atom. The van der Waals surface area contributed by atoms with Crippen molar-refractivity contribution in [3.63, 3.8) is 0 Å². The van der Waals surface area contributed by atoms with Crippen LogP contribution in [0.1, 0.15) is 32.1 Å². The van der Waals surface area contributed by atoms with E-state index in [2.05, 4.69) is 0 Å². The lowest BCUT2D eigenvalue weighted by atomic mass is 9.65. The third-order valence-electron chi connectivity index (χ3n) is 3.04. The van der Waals surface area contributed by atoms with Gasteiger partial charge in [-0.2, -0.15) is 0 Å². The standard InChI is InChI=1S/C9H12O3/c10-7(6-2-3-6)9(8(11)12)4-1-5-9/h6H,1-5H2,(H,11,12). The quantitative estimate of drug-likeness (QED) is 0.644. The summed E-state index contributed by atoms with van der Waals surface area (Å²) in [6.07, 6.45) is 3.85. The third kappa shape index (κ3) is 0.886. The van der Waals surface area contributed by atoms with Crippen LogP contribution in [0, 0.1) is 11.3 Å². The lowest BCUT2D eigenvalue weighted by molar-refractivity contribution is -0.161. The molecule has 2 rings (SSSR count). The molecule has 0 amide bonds. The Morgan fingerprint density at radius 3 is 2.08 bits per heavy atom. The predicted octanol–water partition coefficient (Wildman–Crippen LogP) is 1.22. The first-order chi connectivity index (χ1) is 5.67. The van der Waals surface area contributed by atoms with E-state index in [1.54, 1.807) is 0 Å². The maximum atomic E-state index is 11.6. The second kappa shape index (κ2) is 2.31. The van der Waals surface area contributed by atoms with Crippen molar-refractivity contribution in [2.24, 2.45) is 11.3 Å². The molecule has 66 valence electrons. The molecular weight excluding hydrogens is 156 g/mol. The molecule has 2 aliphatic carbocycles. The van der Waals surface area contributed by atoms with Crippen LogP contribution in [-0.4, -0.2) is 16.9 Å². The van der Waals surface area contributed by atoms with E-state index in [9.17, 15) is 9.59 Å². The van der Waals surface area contributed by atoms with Gasteiger partial charge in [-0.15, -0.1) is 0 Å². The largest absolute Gasteiger partial charge is 0.480 e. The Kier molecular flexibility index (Phi) is 1.50. The smallest absolute Gasteiger partial charge is 0.317 e. The molecule has 3 nitrogen and oxygen atoms in total. The summed E-state index contributed by atoms with van der Waals surface area (Å²) in [5.41, 5.74) is -0.957. The zero-order valence-electron chi connectivity index (χ0n) is 6.88. The lowest BCUT2D eigenvalue weighted by Crippen LogP contribution is -2.45. The number of carboxylic acids is 1. The highest BCUT2D eigenvalue weighted by Gasteiger charge is 2.54. The molecule has 3 heteroatoms. The zero-order valence-corrected chi connectivity index (χ0v) is 6.88. The Hall–Kier alpha value is -0.860. The van der Waals surface area contributed by atoms with Gasteiger partial charge in [0.25, 0.3) is 0 Å². The molecule has 0 saturated heterocycles. The average Bonchev–Trinajstić information content (AvgIpc) is 2.62. The number of carbonyl (C=O) groups excluding carboxylic acids is 1. The van der Waals surface area contributed by atoms with Crippen molar-refractivity contribution in [1.29, 1.82) is 0 Å². The van der Waals surface area contributed by atoms with Gasteiger partial charge >= 0.3 is 5.97 Å². The molecule has 0 heterocycles. The van der Waals surface area contributed by atoms with Crippen LogP contribution in [0.3, 0.4) is 0 Å². The second-order valence-electron chi connectivity index (χ2n) is 3.88. The fourth-order valence-electron chi connectivity index (χ4n) is 1.83. The molecule has 2 aliphatic rings. The molecule has 0 aromatic rings. The summed E-state index contributed by atoms with van der Waals surface area (Å²) in [6.45, 7) is 0. The number of hydrogen-bond donors (Lipinski definition) is 1. The minimum atomic E-state index is -0.957. The summed E-state index contributed by atoms with van der Waals surface area (Å²) in [5, 5.41) is 8.91. The molecule has 0 bridgehead atoms. The molecule has 12 heavy (non-hydrogen) atoms. The van der Waals surface area contributed by atoms with Crippen molar-refractivity contribution in [2.75, 3.05) is 0 Å². The van der Waals surface area contributed by atoms with Crippen LogP contribution in [0.5, 0.6) is 0 Å². The highest BCUT2D eigenvalue weighted by molar-refractivity contribution is 6.05. The van der Waals surface area contributed by atoms with Crippen LogP contribution >= 0.6 is 0 Å². The lowest BCUT2D eigenvalue weighted by Gasteiger charge is -2.36. The van der Waals surface area contributed by atoms with Crippen LogP contribution in [0.2, 0.25) is 0 Å². The van der Waals surface area contributed by atoms with Gasteiger partial charge in [0.2, 0.25) is 0 Å². The van der Waals surface area contributed by atoms with Crippen molar-refractivity contribution in [3.05, 3.63) is 0 Å². The predicted molar refractivity (Wildman–Crippen MR) is 41.7 cm³/mol. The van der Waals surface area contributed by atoms with Crippen LogP contribution < -0.4 is 0 Å². The fourth-order valence-corrected chi connectivity index (χ4v) is 1.83. The van der Waals surface area contributed by atoms with E-state index < -0.39 is 11.4 Å². The van der Waals surface area contributed by atoms with E-state index >= 15 is 0 Å². The molecule has 2 saturated carbocycles. The van der Waals surface area contributed by atoms with Crippen molar-refractivity contribution in [3.8, 4) is 0 Å². The topological polar surface area (TPSA) is 54.4 Å². The second-order valence-corrected chi connectivity index (χ2v) is 3.88. The van der Waals surface area contributed by atoms with Gasteiger partial charge in [0.05, 0.1) is 0 Å². The van der Waals surface area contributed by atoms with E-state index in [0.717, 1.165) is 19.3 Å². The summed E-state index contributed by atoms with van der Waals surface area (Å²) in [5.74, 6) is -0.812. The highest BCUT2D eigenvalue weighted by Crippen LogP contribution is 2.48. The van der Waals surface area contributed by atoms with Crippen LogP contribution in [-0.2, 0) is 9.59 Å². The fraction of sp³-hybridized carbons (Fsp3) is 0.778. The number of Topliss-reactive ketones (excluding diaryl/α,β-unsaturated/α-hetero) is 1. The molecule has 0 aliphatic heterocycles. The van der Waals surface area contributed by atoms with Crippen LogP contribution in [0.15, 0.2) is 0 Å². The minimum absolute atomic E-state index is 0.00116. The van der Waals surface area contributed by atoms with Crippen molar-refractivity contribution >= 4 is 11.8 Å². The molecule has 1 N–H and O–H groups in total. The zero-order chi connectivity index (χ0) is 8.77. The van der Waals surface area contributed by atoms with Gasteiger partial charge in [0.1, 0.15) is 5.41 Å². The molecule has 0 radical (unpaired) electrons. The maximum absolute atomic E-state index is 11.6. The highest BCUT2D eigenvalue weighted by atomic mass is 16.4. The summed E-state index contributed by atoms with van der Waals surface area (Å²) in [7, 11) is 0. The average molecular weight is 168 g/mol. The van der Waals surface area contributed by atoms with Gasteiger partial charge in [0.15, 0.2) is 5.78 Å². The van der Waals surface area contributed by atoms with E-state index in [-0.39, 0.29) is 11.7 Å². The molecule has 0 aromatic heterocycles. The van der Waals surface area contributed by atoms with Gasteiger partial charge in [-0.3, -0.25) is 9.59 Å². The Bertz CT molecular complexity index is 236. The van der Waals surface area contributed by atoms with Crippen molar-refractivity contribution < 1.29 is 14.7 Å². The van der Waals surface area contributed by atoms with Gasteiger partial charge in [0, 0.05) is 5.92 Å². The number of carboxylic acid groups (broad SMARTS) is 1. The maximum Gasteiger partial charge on any atom is 0.317 e. The first-order valence-corrected chi connectivity index (χ1v) is 4.44. The van der Waals surface area contributed by atoms with Crippen LogP contribution in [0.25, 0.3) is 0 Å². The Morgan fingerprint density at radius 2 is 1.83 bits per heavy atom. The number of carbonyl (C=O) groups is 2. The first kappa shape index (κ1) is 7.77. The molecule has 2 fully saturated rings. The van der Waals surface area contributed by atoms with E-state index in [1.165, 1.54) is 0 Å². The molecule has 0 atom stereocenters. The summed E-state index contributed by atoms with van der Waals surface area (Å²) in [4.78, 5) is 22.4. The number of aliphatic carboxylic acids is 1. The molecule has 0 spiro atoms. The third-order valence-corrected chi connectivity index (χ3v) is 3.04. The molecule has 0 unspecified atom stereocenters. The van der Waals surface area contributed by atoms with E-state index in [1.807, 2.05) is 0 Å². The van der Waals surface area contributed by atoms with Gasteiger partial charge in [-0.25, -0.2) is 0 Å². The summed E-state index contributed by atoms with van der Waals surface area (Å²) in [6, 6.07) is 0. The summed E-state index contributed by atoms with van der Waals surface area (Å²) < 4.78 is 0. The van der Waals surface area contributed by atoms with Crippen molar-refractivity contribution in [2.45, 2.75) is 32.1 Å². The van der Waals surface area contributed by atoms with Crippen LogP contribution in [0.4, 0.5) is 0 Å². The molecular formula is C9H12O3. The first-order valence-electron chi connectivity index (χ1n) is 4.44. The van der Waals surface area contributed by atoms with E-state index in [4.69, 9.17) is 5.11 Å². The van der Waals surface area contributed by atoms with Gasteiger partial charge in [-0.1, -0.05) is 6.42 Å². The monoisotopic (exact) mass is 168 g/mol. The minimum Gasteiger partial charge on any atom is -0.480 e. The Labute approximate surface area is 70.8 Å². The van der Waals surface area contributed by atoms with Gasteiger partial charge in [-0.05, 0) is 25.7 Å². The van der Waals surface area contributed by atoms with E-state index in [0.29, 0.717) is 12.8 Å². The summed E-state index contributed by atoms with van der Waals surface area (Å²) >= 11 is 0.